The van der Waals surface area contributed by atoms with Gasteiger partial charge in [-0.25, -0.2) is 0 Å². The highest BCUT2D eigenvalue weighted by atomic mass is 16.5. The molecule has 0 aromatic carbocycles. The summed E-state index contributed by atoms with van der Waals surface area (Å²) in [5, 5.41) is 9.56. The maximum atomic E-state index is 9.56. The van der Waals surface area contributed by atoms with Gasteiger partial charge in [0.2, 0.25) is 0 Å². The van der Waals surface area contributed by atoms with Crippen LogP contribution in [-0.2, 0) is 4.74 Å². The van der Waals surface area contributed by atoms with Gasteiger partial charge in [0, 0.05) is 11.8 Å². The molecule has 1 saturated carbocycles. The normalized spacial score (nSPS) is 32.8. The van der Waals surface area contributed by atoms with E-state index >= 15 is 0 Å². The molecule has 0 aromatic rings. The monoisotopic (exact) mass is 200 g/mol. The van der Waals surface area contributed by atoms with Crippen LogP contribution in [0, 0.1) is 11.3 Å². The lowest BCUT2D eigenvalue weighted by atomic mass is 9.66. The Morgan fingerprint density at radius 2 is 1.93 bits per heavy atom. The van der Waals surface area contributed by atoms with Gasteiger partial charge in [-0.15, -0.1) is 0 Å². The van der Waals surface area contributed by atoms with Gasteiger partial charge in [0.15, 0.2) is 0 Å². The summed E-state index contributed by atoms with van der Waals surface area (Å²) < 4.78 is 5.92. The molecule has 0 aliphatic heterocycles. The summed E-state index contributed by atoms with van der Waals surface area (Å²) in [7, 11) is 0. The minimum absolute atomic E-state index is 0.0504. The molecule has 1 fully saturated rings. The lowest BCUT2D eigenvalue weighted by Crippen LogP contribution is -2.55. The van der Waals surface area contributed by atoms with Gasteiger partial charge in [-0.2, -0.15) is 0 Å². The van der Waals surface area contributed by atoms with Crippen molar-refractivity contribution in [3.8, 4) is 0 Å². The molecule has 0 aromatic heterocycles. The first kappa shape index (κ1) is 12.0. The predicted molar refractivity (Wildman–Crippen MR) is 58.2 cm³/mol. The number of aliphatic hydroxyl groups excluding tert-OH is 1. The number of hydrogen-bond acceptors (Lipinski definition) is 2. The second-order valence-electron chi connectivity index (χ2n) is 5.64. The average Bonchev–Trinajstić information content (AvgIpc) is 2.02. The third kappa shape index (κ3) is 2.48. The molecule has 0 bridgehead atoms. The number of hydrogen-bond donors (Lipinski definition) is 1. The molecule has 3 atom stereocenters. The summed E-state index contributed by atoms with van der Waals surface area (Å²) in [6.45, 7) is 10.7. The maximum Gasteiger partial charge on any atom is 0.0679 e. The van der Waals surface area contributed by atoms with E-state index in [2.05, 4.69) is 34.6 Å². The van der Waals surface area contributed by atoms with Crippen molar-refractivity contribution < 1.29 is 9.84 Å². The van der Waals surface area contributed by atoms with Gasteiger partial charge in [-0.1, -0.05) is 27.7 Å². The van der Waals surface area contributed by atoms with Crippen molar-refractivity contribution in [3.05, 3.63) is 0 Å². The van der Waals surface area contributed by atoms with E-state index in [4.69, 9.17) is 4.74 Å². The van der Waals surface area contributed by atoms with E-state index in [0.29, 0.717) is 12.0 Å². The highest BCUT2D eigenvalue weighted by Gasteiger charge is 2.48. The third-order valence-electron chi connectivity index (χ3n) is 3.33. The molecule has 84 valence electrons. The van der Waals surface area contributed by atoms with Gasteiger partial charge in [0.25, 0.3) is 0 Å². The van der Waals surface area contributed by atoms with E-state index in [-0.39, 0.29) is 17.6 Å². The Labute approximate surface area is 87.7 Å². The first-order valence-corrected chi connectivity index (χ1v) is 5.67. The van der Waals surface area contributed by atoms with E-state index in [0.717, 1.165) is 12.8 Å². The van der Waals surface area contributed by atoms with Crippen molar-refractivity contribution in [1.29, 1.82) is 0 Å². The zero-order chi connectivity index (χ0) is 10.9. The topological polar surface area (TPSA) is 29.5 Å². The molecule has 0 heterocycles. The minimum atomic E-state index is -0.182. The van der Waals surface area contributed by atoms with Crippen molar-refractivity contribution in [2.75, 3.05) is 0 Å². The number of rotatable bonds is 4. The number of ether oxygens (including phenoxy) is 1. The van der Waals surface area contributed by atoms with Gasteiger partial charge in [0.05, 0.1) is 18.3 Å². The van der Waals surface area contributed by atoms with Crippen LogP contribution in [-0.4, -0.2) is 23.4 Å². The SMILES string of the molecule is CC(C)CC(C)OC1CC(O)C1(C)C. The fourth-order valence-electron chi connectivity index (χ4n) is 2.10. The molecule has 14 heavy (non-hydrogen) atoms. The Balaban J connectivity index is 2.32. The largest absolute Gasteiger partial charge is 0.392 e. The van der Waals surface area contributed by atoms with E-state index in [9.17, 15) is 5.11 Å². The average molecular weight is 200 g/mol. The molecule has 1 aliphatic carbocycles. The Morgan fingerprint density at radius 1 is 1.36 bits per heavy atom. The molecular formula is C12H24O2. The summed E-state index contributed by atoms with van der Waals surface area (Å²) in [5.41, 5.74) is -0.0504. The van der Waals surface area contributed by atoms with Gasteiger partial charge in [-0.3, -0.25) is 0 Å². The van der Waals surface area contributed by atoms with Crippen LogP contribution in [0.2, 0.25) is 0 Å². The van der Waals surface area contributed by atoms with Crippen LogP contribution in [0.4, 0.5) is 0 Å². The van der Waals surface area contributed by atoms with Gasteiger partial charge in [0.1, 0.15) is 0 Å². The van der Waals surface area contributed by atoms with Crippen molar-refractivity contribution in [3.63, 3.8) is 0 Å². The first-order valence-electron chi connectivity index (χ1n) is 5.67. The summed E-state index contributed by atoms with van der Waals surface area (Å²) in [5.74, 6) is 0.679. The summed E-state index contributed by atoms with van der Waals surface area (Å²) in [6.07, 6.45) is 2.27. The molecule has 2 heteroatoms. The summed E-state index contributed by atoms with van der Waals surface area (Å²) in [6, 6.07) is 0. The lowest BCUT2D eigenvalue weighted by Gasteiger charge is -2.49. The Bertz CT molecular complexity index is 187. The summed E-state index contributed by atoms with van der Waals surface area (Å²) >= 11 is 0. The third-order valence-corrected chi connectivity index (χ3v) is 3.33. The molecule has 0 spiro atoms. The fraction of sp³-hybridized carbons (Fsp3) is 1.00. The molecule has 0 saturated heterocycles. The molecule has 0 amide bonds. The molecule has 1 N–H and O–H groups in total. The van der Waals surface area contributed by atoms with Crippen LogP contribution in [0.5, 0.6) is 0 Å². The van der Waals surface area contributed by atoms with Crippen LogP contribution >= 0.6 is 0 Å². The Hall–Kier alpha value is -0.0800. The molecule has 1 aliphatic rings. The zero-order valence-corrected chi connectivity index (χ0v) is 10.1. The highest BCUT2D eigenvalue weighted by Crippen LogP contribution is 2.43. The van der Waals surface area contributed by atoms with Crippen LogP contribution in [0.25, 0.3) is 0 Å². The van der Waals surface area contributed by atoms with Gasteiger partial charge >= 0.3 is 0 Å². The maximum absolute atomic E-state index is 9.56. The second kappa shape index (κ2) is 4.19. The van der Waals surface area contributed by atoms with Crippen LogP contribution in [0.1, 0.15) is 47.5 Å². The molecular weight excluding hydrogens is 176 g/mol. The predicted octanol–water partition coefficient (Wildman–Crippen LogP) is 2.60. The zero-order valence-electron chi connectivity index (χ0n) is 10.1. The van der Waals surface area contributed by atoms with Crippen molar-refractivity contribution in [2.24, 2.45) is 11.3 Å². The minimum Gasteiger partial charge on any atom is -0.392 e. The molecule has 3 unspecified atom stereocenters. The van der Waals surface area contributed by atoms with E-state index in [1.165, 1.54) is 0 Å². The van der Waals surface area contributed by atoms with Crippen LogP contribution in [0.15, 0.2) is 0 Å². The number of aliphatic hydroxyl groups is 1. The van der Waals surface area contributed by atoms with Crippen LogP contribution < -0.4 is 0 Å². The first-order chi connectivity index (χ1) is 6.34. The van der Waals surface area contributed by atoms with Gasteiger partial charge in [-0.05, 0) is 19.3 Å². The van der Waals surface area contributed by atoms with Crippen LogP contribution in [0.3, 0.4) is 0 Å². The molecule has 0 radical (unpaired) electrons. The van der Waals surface area contributed by atoms with Gasteiger partial charge < -0.3 is 9.84 Å². The van der Waals surface area contributed by atoms with Crippen molar-refractivity contribution in [1.82, 2.24) is 0 Å². The standard InChI is InChI=1S/C12H24O2/c1-8(2)6-9(3)14-11-7-10(13)12(11,4)5/h8-11,13H,6-7H2,1-5H3. The lowest BCUT2D eigenvalue weighted by molar-refractivity contribution is -0.193. The molecule has 2 nitrogen and oxygen atoms in total. The summed E-state index contributed by atoms with van der Waals surface area (Å²) in [4.78, 5) is 0. The van der Waals surface area contributed by atoms with Crippen molar-refractivity contribution >= 4 is 0 Å². The quantitative estimate of drug-likeness (QED) is 0.756. The molecule has 1 rings (SSSR count). The Kier molecular flexibility index (Phi) is 3.59. The fourth-order valence-corrected chi connectivity index (χ4v) is 2.10. The van der Waals surface area contributed by atoms with Crippen molar-refractivity contribution in [2.45, 2.75) is 65.8 Å². The van der Waals surface area contributed by atoms with E-state index in [1.807, 2.05) is 0 Å². The highest BCUT2D eigenvalue weighted by molar-refractivity contribution is 4.98. The van der Waals surface area contributed by atoms with E-state index < -0.39 is 0 Å². The Morgan fingerprint density at radius 3 is 2.29 bits per heavy atom. The van der Waals surface area contributed by atoms with E-state index in [1.54, 1.807) is 0 Å². The smallest absolute Gasteiger partial charge is 0.0679 e. The second-order valence-corrected chi connectivity index (χ2v) is 5.64.